The van der Waals surface area contributed by atoms with E-state index in [2.05, 4.69) is 9.97 Å². The van der Waals surface area contributed by atoms with Crippen molar-refractivity contribution in [1.82, 2.24) is 9.97 Å². The summed E-state index contributed by atoms with van der Waals surface area (Å²) < 4.78 is 0. The molecule has 74 valence electrons. The summed E-state index contributed by atoms with van der Waals surface area (Å²) in [6.45, 7) is 0.495. The highest BCUT2D eigenvalue weighted by atomic mass is 16.2. The molecule has 1 atom stereocenters. The second kappa shape index (κ2) is 3.22. The molecule has 1 aliphatic heterocycles. The molecule has 1 aromatic heterocycles. The highest BCUT2D eigenvalue weighted by Crippen LogP contribution is 2.18. The lowest BCUT2D eigenvalue weighted by molar-refractivity contribution is -0.117. The van der Waals surface area contributed by atoms with E-state index in [0.29, 0.717) is 18.8 Å². The molecular formula is C8H11N5O. The van der Waals surface area contributed by atoms with Gasteiger partial charge in [-0.25, -0.2) is 4.98 Å². The summed E-state index contributed by atoms with van der Waals surface area (Å²) in [4.78, 5) is 20.7. The predicted molar refractivity (Wildman–Crippen MR) is 51.4 cm³/mol. The lowest BCUT2D eigenvalue weighted by atomic mass is 10.3. The number of anilines is 2. The molecule has 0 spiro atoms. The van der Waals surface area contributed by atoms with Gasteiger partial charge >= 0.3 is 0 Å². The number of nitrogen functional groups attached to an aromatic ring is 1. The van der Waals surface area contributed by atoms with Crippen molar-refractivity contribution < 1.29 is 4.79 Å². The highest BCUT2D eigenvalue weighted by molar-refractivity contribution is 5.95. The van der Waals surface area contributed by atoms with Crippen LogP contribution in [0.4, 0.5) is 11.8 Å². The summed E-state index contributed by atoms with van der Waals surface area (Å²) in [5.74, 6) is 0.668. The molecule has 0 radical (unpaired) electrons. The van der Waals surface area contributed by atoms with E-state index in [9.17, 15) is 4.79 Å². The predicted octanol–water partition coefficient (Wildman–Crippen LogP) is -0.877. The maximum absolute atomic E-state index is 11.4. The Balaban J connectivity index is 2.27. The van der Waals surface area contributed by atoms with E-state index >= 15 is 0 Å². The summed E-state index contributed by atoms with van der Waals surface area (Å²) in [6.07, 6.45) is 1.89. The molecule has 2 heterocycles. The van der Waals surface area contributed by atoms with Crippen molar-refractivity contribution in [2.45, 2.75) is 12.5 Å². The Labute approximate surface area is 80.9 Å². The van der Waals surface area contributed by atoms with Gasteiger partial charge in [-0.1, -0.05) is 0 Å². The van der Waals surface area contributed by atoms with Crippen LogP contribution in [0.2, 0.25) is 0 Å². The van der Waals surface area contributed by atoms with Gasteiger partial charge in [-0.3, -0.25) is 9.69 Å². The van der Waals surface area contributed by atoms with E-state index in [1.807, 2.05) is 0 Å². The van der Waals surface area contributed by atoms with Gasteiger partial charge in [-0.2, -0.15) is 4.98 Å². The van der Waals surface area contributed by atoms with Crippen molar-refractivity contribution in [3.8, 4) is 0 Å². The molecule has 0 aromatic carbocycles. The largest absolute Gasteiger partial charge is 0.368 e. The molecule has 0 aliphatic carbocycles. The molecule has 1 amide bonds. The van der Waals surface area contributed by atoms with Crippen LogP contribution in [-0.4, -0.2) is 28.5 Å². The number of hydrogen-bond acceptors (Lipinski definition) is 5. The Bertz CT molecular complexity index is 367. The van der Waals surface area contributed by atoms with Crippen molar-refractivity contribution in [2.75, 3.05) is 17.2 Å². The topological polar surface area (TPSA) is 98.1 Å². The molecule has 2 rings (SSSR count). The second-order valence-corrected chi connectivity index (χ2v) is 3.24. The van der Waals surface area contributed by atoms with Crippen LogP contribution in [0, 0.1) is 0 Å². The molecule has 0 bridgehead atoms. The summed E-state index contributed by atoms with van der Waals surface area (Å²) in [6, 6.07) is 1.53. The van der Waals surface area contributed by atoms with Crippen molar-refractivity contribution in [2.24, 2.45) is 5.73 Å². The third kappa shape index (κ3) is 1.51. The van der Waals surface area contributed by atoms with Crippen LogP contribution in [0.25, 0.3) is 0 Å². The molecule has 1 saturated heterocycles. The summed E-state index contributed by atoms with van der Waals surface area (Å²) in [7, 11) is 0. The average Bonchev–Trinajstić information content (AvgIpc) is 2.45. The standard InChI is InChI=1S/C8H11N5O/c9-5-3-7(14)13(4-5)6-1-2-11-8(10)12-6/h1-2,5H,3-4,9H2,(H2,10,11,12). The molecular weight excluding hydrogens is 182 g/mol. The van der Waals surface area contributed by atoms with Crippen LogP contribution in [0.3, 0.4) is 0 Å². The van der Waals surface area contributed by atoms with Crippen molar-refractivity contribution in [3.05, 3.63) is 12.3 Å². The van der Waals surface area contributed by atoms with Gasteiger partial charge in [-0.05, 0) is 6.07 Å². The fourth-order valence-electron chi connectivity index (χ4n) is 1.47. The Morgan fingerprint density at radius 3 is 2.93 bits per heavy atom. The maximum Gasteiger partial charge on any atom is 0.229 e. The van der Waals surface area contributed by atoms with Crippen LogP contribution in [0.15, 0.2) is 12.3 Å². The Kier molecular flexibility index (Phi) is 2.05. The van der Waals surface area contributed by atoms with Crippen LogP contribution < -0.4 is 16.4 Å². The smallest absolute Gasteiger partial charge is 0.229 e. The summed E-state index contributed by atoms with van der Waals surface area (Å²) in [5, 5.41) is 0. The third-order valence-electron chi connectivity index (χ3n) is 2.09. The first-order chi connectivity index (χ1) is 6.66. The summed E-state index contributed by atoms with van der Waals surface area (Å²) in [5.41, 5.74) is 11.1. The zero-order valence-electron chi connectivity index (χ0n) is 7.55. The van der Waals surface area contributed by atoms with E-state index in [1.54, 1.807) is 6.07 Å². The lowest BCUT2D eigenvalue weighted by Crippen LogP contribution is -2.28. The van der Waals surface area contributed by atoms with Crippen molar-refractivity contribution >= 4 is 17.7 Å². The maximum atomic E-state index is 11.4. The van der Waals surface area contributed by atoms with E-state index in [4.69, 9.17) is 11.5 Å². The van der Waals surface area contributed by atoms with Gasteiger partial charge in [0.15, 0.2) is 0 Å². The van der Waals surface area contributed by atoms with Gasteiger partial charge < -0.3 is 11.5 Å². The Morgan fingerprint density at radius 1 is 1.57 bits per heavy atom. The fourth-order valence-corrected chi connectivity index (χ4v) is 1.47. The first-order valence-electron chi connectivity index (χ1n) is 4.31. The SMILES string of the molecule is Nc1nccc(N2CC(N)CC2=O)n1. The van der Waals surface area contributed by atoms with E-state index in [0.717, 1.165) is 0 Å². The number of nitrogens with zero attached hydrogens (tertiary/aromatic N) is 3. The van der Waals surface area contributed by atoms with E-state index in [1.165, 1.54) is 11.1 Å². The first-order valence-corrected chi connectivity index (χ1v) is 4.31. The molecule has 1 aliphatic rings. The molecule has 14 heavy (non-hydrogen) atoms. The number of amides is 1. The monoisotopic (exact) mass is 193 g/mol. The van der Waals surface area contributed by atoms with Crippen LogP contribution in [0.1, 0.15) is 6.42 Å². The van der Waals surface area contributed by atoms with E-state index in [-0.39, 0.29) is 17.9 Å². The van der Waals surface area contributed by atoms with Gasteiger partial charge in [0.2, 0.25) is 11.9 Å². The first kappa shape index (κ1) is 8.89. The number of nitrogens with two attached hydrogens (primary N) is 2. The number of aromatic nitrogens is 2. The van der Waals surface area contributed by atoms with E-state index < -0.39 is 0 Å². The van der Waals surface area contributed by atoms with Gasteiger partial charge in [0.05, 0.1) is 0 Å². The quantitative estimate of drug-likeness (QED) is 0.603. The fraction of sp³-hybridized carbons (Fsp3) is 0.375. The van der Waals surface area contributed by atoms with Crippen LogP contribution in [-0.2, 0) is 4.79 Å². The normalized spacial score (nSPS) is 21.6. The van der Waals surface area contributed by atoms with Crippen LogP contribution >= 0.6 is 0 Å². The lowest BCUT2D eigenvalue weighted by Gasteiger charge is -2.14. The Morgan fingerprint density at radius 2 is 2.36 bits per heavy atom. The van der Waals surface area contributed by atoms with Gasteiger partial charge in [0.25, 0.3) is 0 Å². The number of carbonyl (C=O) groups excluding carboxylic acids is 1. The number of carbonyl (C=O) groups is 1. The minimum atomic E-state index is -0.112. The van der Waals surface area contributed by atoms with Crippen molar-refractivity contribution in [1.29, 1.82) is 0 Å². The molecule has 1 fully saturated rings. The number of hydrogen-bond donors (Lipinski definition) is 2. The minimum Gasteiger partial charge on any atom is -0.368 e. The molecule has 4 N–H and O–H groups in total. The molecule has 1 unspecified atom stereocenters. The van der Waals surface area contributed by atoms with Gasteiger partial charge in [-0.15, -0.1) is 0 Å². The van der Waals surface area contributed by atoms with Gasteiger partial charge in [0, 0.05) is 25.2 Å². The summed E-state index contributed by atoms with van der Waals surface area (Å²) >= 11 is 0. The average molecular weight is 193 g/mol. The zero-order valence-corrected chi connectivity index (χ0v) is 7.55. The Hall–Kier alpha value is -1.69. The van der Waals surface area contributed by atoms with Crippen molar-refractivity contribution in [3.63, 3.8) is 0 Å². The second-order valence-electron chi connectivity index (χ2n) is 3.24. The highest BCUT2D eigenvalue weighted by Gasteiger charge is 2.28. The van der Waals surface area contributed by atoms with Crippen LogP contribution in [0.5, 0.6) is 0 Å². The minimum absolute atomic E-state index is 0.0180. The molecule has 6 heteroatoms. The molecule has 6 nitrogen and oxygen atoms in total. The number of rotatable bonds is 1. The third-order valence-corrected chi connectivity index (χ3v) is 2.09. The zero-order chi connectivity index (χ0) is 10.1. The van der Waals surface area contributed by atoms with Gasteiger partial charge in [0.1, 0.15) is 5.82 Å². The molecule has 1 aromatic rings. The molecule has 0 saturated carbocycles.